The Balaban J connectivity index is 1.49. The fourth-order valence-corrected chi connectivity index (χ4v) is 2.79. The second-order valence-corrected chi connectivity index (χ2v) is 6.05. The van der Waals surface area contributed by atoms with Crippen molar-refractivity contribution in [2.75, 3.05) is 12.9 Å². The Morgan fingerprint density at radius 1 is 1.20 bits per heavy atom. The number of carbonyl (C=O) groups excluding carboxylic acids is 1. The first kappa shape index (κ1) is 17.0. The van der Waals surface area contributed by atoms with E-state index in [1.165, 1.54) is 11.8 Å². The third kappa shape index (κ3) is 4.57. The number of carbonyl (C=O) groups is 1. The summed E-state index contributed by atoms with van der Waals surface area (Å²) in [4.78, 5) is 12.0. The Bertz CT molecular complexity index is 821. The monoisotopic (exact) mass is 355 g/mol. The molecule has 0 aliphatic rings. The molecule has 0 aliphatic heterocycles. The first-order chi connectivity index (χ1) is 12.3. The Kier molecular flexibility index (Phi) is 5.63. The molecule has 0 unspecified atom stereocenters. The molecule has 0 bridgehead atoms. The van der Waals surface area contributed by atoms with Crippen molar-refractivity contribution in [2.45, 2.75) is 11.6 Å². The summed E-state index contributed by atoms with van der Waals surface area (Å²) >= 11 is 1.33. The van der Waals surface area contributed by atoms with Crippen LogP contribution in [0.1, 0.15) is 5.56 Å². The quantitative estimate of drug-likeness (QED) is 0.654. The Morgan fingerprint density at radius 2 is 2.08 bits per heavy atom. The second-order valence-electron chi connectivity index (χ2n) is 5.06. The Labute approximate surface area is 149 Å². The minimum Gasteiger partial charge on any atom is -0.496 e. The van der Waals surface area contributed by atoms with E-state index in [1.54, 1.807) is 24.2 Å². The number of nitrogens with zero attached hydrogens (tertiary/aromatic N) is 4. The van der Waals surface area contributed by atoms with Crippen molar-refractivity contribution < 1.29 is 9.53 Å². The number of aromatic nitrogens is 4. The van der Waals surface area contributed by atoms with Gasteiger partial charge in [0.25, 0.3) is 0 Å². The Morgan fingerprint density at radius 3 is 2.80 bits per heavy atom. The highest BCUT2D eigenvalue weighted by atomic mass is 32.2. The van der Waals surface area contributed by atoms with Gasteiger partial charge in [-0.3, -0.25) is 4.79 Å². The largest absolute Gasteiger partial charge is 0.496 e. The standard InChI is InChI=1S/C17H17N5O2S/c1-24-14-6-3-2-5-13(14)11-18-16(23)12-25-17-8-7-15(20-21-17)22-10-4-9-19-22/h2-10H,11-12H2,1H3,(H,18,23). The first-order valence-electron chi connectivity index (χ1n) is 7.61. The maximum atomic E-state index is 12.0. The van der Waals surface area contributed by atoms with Gasteiger partial charge in [-0.1, -0.05) is 30.0 Å². The van der Waals surface area contributed by atoms with Crippen LogP contribution in [0, 0.1) is 0 Å². The average molecular weight is 355 g/mol. The van der Waals surface area contributed by atoms with Crippen molar-refractivity contribution in [2.24, 2.45) is 0 Å². The number of rotatable bonds is 7. The van der Waals surface area contributed by atoms with Gasteiger partial charge in [0.2, 0.25) is 5.91 Å². The number of nitrogens with one attached hydrogen (secondary N) is 1. The molecule has 7 nitrogen and oxygen atoms in total. The van der Waals surface area contributed by atoms with E-state index in [2.05, 4.69) is 20.6 Å². The Hall–Kier alpha value is -2.87. The van der Waals surface area contributed by atoms with E-state index in [1.807, 2.05) is 42.5 Å². The van der Waals surface area contributed by atoms with Gasteiger partial charge in [-0.25, -0.2) is 4.68 Å². The van der Waals surface area contributed by atoms with Crippen LogP contribution < -0.4 is 10.1 Å². The number of hydrogen-bond acceptors (Lipinski definition) is 6. The predicted molar refractivity (Wildman–Crippen MR) is 94.7 cm³/mol. The molecule has 0 atom stereocenters. The second kappa shape index (κ2) is 8.29. The predicted octanol–water partition coefficient (Wildman–Crippen LogP) is 2.08. The van der Waals surface area contributed by atoms with Crippen LogP contribution in [-0.4, -0.2) is 38.7 Å². The molecule has 3 aromatic rings. The van der Waals surface area contributed by atoms with Crippen molar-refractivity contribution in [3.63, 3.8) is 0 Å². The lowest BCUT2D eigenvalue weighted by Gasteiger charge is -2.09. The van der Waals surface area contributed by atoms with E-state index in [9.17, 15) is 4.79 Å². The highest BCUT2D eigenvalue weighted by molar-refractivity contribution is 7.99. The first-order valence-corrected chi connectivity index (χ1v) is 8.60. The van der Waals surface area contributed by atoms with Gasteiger partial charge in [0.05, 0.1) is 12.9 Å². The van der Waals surface area contributed by atoms with Crippen LogP contribution in [0.2, 0.25) is 0 Å². The number of methoxy groups -OCH3 is 1. The van der Waals surface area contributed by atoms with Crippen LogP contribution >= 0.6 is 11.8 Å². The van der Waals surface area contributed by atoms with E-state index < -0.39 is 0 Å². The SMILES string of the molecule is COc1ccccc1CNC(=O)CSc1ccc(-n2cccn2)nn1. The summed E-state index contributed by atoms with van der Waals surface area (Å²) < 4.78 is 6.89. The van der Waals surface area contributed by atoms with Gasteiger partial charge < -0.3 is 10.1 Å². The van der Waals surface area contributed by atoms with Gasteiger partial charge in [-0.15, -0.1) is 10.2 Å². The lowest BCUT2D eigenvalue weighted by molar-refractivity contribution is -0.118. The van der Waals surface area contributed by atoms with Gasteiger partial charge >= 0.3 is 0 Å². The maximum absolute atomic E-state index is 12.0. The molecule has 0 spiro atoms. The molecule has 0 fully saturated rings. The van der Waals surface area contributed by atoms with Crippen molar-refractivity contribution in [3.8, 4) is 11.6 Å². The third-order valence-corrected chi connectivity index (χ3v) is 4.30. The highest BCUT2D eigenvalue weighted by Gasteiger charge is 2.07. The number of amides is 1. The molecule has 0 saturated carbocycles. The molecule has 1 aromatic carbocycles. The molecule has 128 valence electrons. The summed E-state index contributed by atoms with van der Waals surface area (Å²) in [6.07, 6.45) is 3.47. The van der Waals surface area contributed by atoms with E-state index in [0.29, 0.717) is 17.4 Å². The number of thioether (sulfide) groups is 1. The number of para-hydroxylation sites is 1. The average Bonchev–Trinajstić information content (AvgIpc) is 3.20. The zero-order chi connectivity index (χ0) is 17.5. The highest BCUT2D eigenvalue weighted by Crippen LogP contribution is 2.17. The summed E-state index contributed by atoms with van der Waals surface area (Å²) in [5.41, 5.74) is 0.937. The number of benzene rings is 1. The summed E-state index contributed by atoms with van der Waals surface area (Å²) in [7, 11) is 1.61. The summed E-state index contributed by atoms with van der Waals surface area (Å²) in [6, 6.07) is 13.0. The molecular weight excluding hydrogens is 338 g/mol. The number of hydrogen-bond donors (Lipinski definition) is 1. The molecule has 0 saturated heterocycles. The van der Waals surface area contributed by atoms with Gasteiger partial charge in [0, 0.05) is 24.5 Å². The molecular formula is C17H17N5O2S. The molecule has 25 heavy (non-hydrogen) atoms. The lowest BCUT2D eigenvalue weighted by atomic mass is 10.2. The van der Waals surface area contributed by atoms with Crippen LogP contribution in [0.15, 0.2) is 59.9 Å². The number of ether oxygens (including phenoxy) is 1. The van der Waals surface area contributed by atoms with E-state index in [0.717, 1.165) is 11.3 Å². The molecule has 1 N–H and O–H groups in total. The molecule has 0 radical (unpaired) electrons. The van der Waals surface area contributed by atoms with Crippen LogP contribution in [-0.2, 0) is 11.3 Å². The maximum Gasteiger partial charge on any atom is 0.230 e. The lowest BCUT2D eigenvalue weighted by Crippen LogP contribution is -2.24. The van der Waals surface area contributed by atoms with Crippen LogP contribution in [0.5, 0.6) is 5.75 Å². The van der Waals surface area contributed by atoms with Gasteiger partial charge in [0.1, 0.15) is 10.8 Å². The molecule has 3 rings (SSSR count). The van der Waals surface area contributed by atoms with Crippen LogP contribution in [0.25, 0.3) is 5.82 Å². The van der Waals surface area contributed by atoms with Crippen molar-refractivity contribution >= 4 is 17.7 Å². The molecule has 8 heteroatoms. The van der Waals surface area contributed by atoms with Gasteiger partial charge in [-0.2, -0.15) is 5.10 Å². The van der Waals surface area contributed by atoms with Crippen molar-refractivity contribution in [1.29, 1.82) is 0 Å². The third-order valence-electron chi connectivity index (χ3n) is 3.38. The molecule has 1 amide bonds. The molecule has 2 heterocycles. The minimum atomic E-state index is -0.0751. The smallest absolute Gasteiger partial charge is 0.230 e. The van der Waals surface area contributed by atoms with Crippen LogP contribution in [0.4, 0.5) is 0 Å². The minimum absolute atomic E-state index is 0.0751. The topological polar surface area (TPSA) is 81.9 Å². The fraction of sp³-hybridized carbons (Fsp3) is 0.176. The summed E-state index contributed by atoms with van der Waals surface area (Å²) in [6.45, 7) is 0.424. The zero-order valence-corrected chi connectivity index (χ0v) is 14.4. The van der Waals surface area contributed by atoms with Gasteiger partial charge in [0.15, 0.2) is 5.82 Å². The fourth-order valence-electron chi connectivity index (χ4n) is 2.15. The van der Waals surface area contributed by atoms with Crippen molar-refractivity contribution in [3.05, 3.63) is 60.4 Å². The van der Waals surface area contributed by atoms with Gasteiger partial charge in [-0.05, 0) is 24.3 Å². The van der Waals surface area contributed by atoms with Crippen LogP contribution in [0.3, 0.4) is 0 Å². The summed E-state index contributed by atoms with van der Waals surface area (Å²) in [5.74, 6) is 1.59. The normalized spacial score (nSPS) is 10.4. The van der Waals surface area contributed by atoms with Crippen molar-refractivity contribution in [1.82, 2.24) is 25.3 Å². The zero-order valence-electron chi connectivity index (χ0n) is 13.6. The van der Waals surface area contributed by atoms with E-state index >= 15 is 0 Å². The molecule has 0 aliphatic carbocycles. The molecule has 2 aromatic heterocycles. The summed E-state index contributed by atoms with van der Waals surface area (Å²) in [5, 5.41) is 15.9. The van der Waals surface area contributed by atoms with E-state index in [-0.39, 0.29) is 11.7 Å². The van der Waals surface area contributed by atoms with E-state index in [4.69, 9.17) is 4.74 Å².